The zero-order chi connectivity index (χ0) is 13.1. The molecule has 2 N–H and O–H groups in total. The fourth-order valence-electron chi connectivity index (χ4n) is 1.54. The van der Waals surface area contributed by atoms with Gasteiger partial charge in [-0.2, -0.15) is 0 Å². The molecule has 0 saturated heterocycles. The van der Waals surface area contributed by atoms with Crippen molar-refractivity contribution in [1.29, 1.82) is 0 Å². The number of hydrogen-bond acceptors (Lipinski definition) is 2. The Labute approximate surface area is 108 Å². The lowest BCUT2D eigenvalue weighted by Gasteiger charge is -2.10. The molecule has 0 aliphatic carbocycles. The number of rotatable bonds is 3. The van der Waals surface area contributed by atoms with E-state index >= 15 is 0 Å². The van der Waals surface area contributed by atoms with Crippen LogP contribution in [0, 0.1) is 5.82 Å². The van der Waals surface area contributed by atoms with Crippen molar-refractivity contribution in [3.8, 4) is 0 Å². The summed E-state index contributed by atoms with van der Waals surface area (Å²) in [6.45, 7) is 0. The second-order valence-corrected chi connectivity index (χ2v) is 4.04. The lowest BCUT2D eigenvalue weighted by atomic mass is 10.1. The van der Waals surface area contributed by atoms with Crippen molar-refractivity contribution in [2.24, 2.45) is 0 Å². The van der Waals surface area contributed by atoms with Crippen molar-refractivity contribution in [2.75, 3.05) is 5.32 Å². The van der Waals surface area contributed by atoms with Crippen LogP contribution < -0.4 is 5.32 Å². The van der Waals surface area contributed by atoms with E-state index in [4.69, 9.17) is 16.7 Å². The molecule has 2 aromatic rings. The largest absolute Gasteiger partial charge is 0.478 e. The van der Waals surface area contributed by atoms with Gasteiger partial charge in [0.2, 0.25) is 0 Å². The molecule has 18 heavy (non-hydrogen) atoms. The minimum absolute atomic E-state index is 0.0766. The second kappa shape index (κ2) is 5.06. The molecule has 0 radical (unpaired) electrons. The van der Waals surface area contributed by atoms with Crippen LogP contribution in [-0.4, -0.2) is 11.1 Å². The monoisotopic (exact) mass is 265 g/mol. The maximum Gasteiger partial charge on any atom is 0.337 e. The fraction of sp³-hybridized carbons (Fsp3) is 0. The molecule has 0 aliphatic rings. The molecule has 2 aromatic carbocycles. The van der Waals surface area contributed by atoms with Gasteiger partial charge in [0.1, 0.15) is 5.82 Å². The summed E-state index contributed by atoms with van der Waals surface area (Å²) >= 11 is 5.80. The van der Waals surface area contributed by atoms with E-state index < -0.39 is 11.8 Å². The first-order valence-corrected chi connectivity index (χ1v) is 5.50. The number of carboxylic acid groups (broad SMARTS) is 1. The van der Waals surface area contributed by atoms with Crippen LogP contribution in [0.15, 0.2) is 42.5 Å². The van der Waals surface area contributed by atoms with E-state index in [9.17, 15) is 9.18 Å². The molecular formula is C13H9ClFNO2. The summed E-state index contributed by atoms with van der Waals surface area (Å²) in [5, 5.41) is 12.2. The van der Waals surface area contributed by atoms with Gasteiger partial charge in [-0.15, -0.1) is 0 Å². The molecule has 0 bridgehead atoms. The minimum atomic E-state index is -1.20. The highest BCUT2D eigenvalue weighted by atomic mass is 35.5. The predicted octanol–water partition coefficient (Wildman–Crippen LogP) is 3.92. The molecule has 0 unspecified atom stereocenters. The first kappa shape index (κ1) is 12.4. The predicted molar refractivity (Wildman–Crippen MR) is 68.1 cm³/mol. The molecule has 0 aromatic heterocycles. The third-order valence-electron chi connectivity index (χ3n) is 2.34. The Bertz CT molecular complexity index is 601. The average Bonchev–Trinajstić information content (AvgIpc) is 2.31. The van der Waals surface area contributed by atoms with Crippen molar-refractivity contribution in [1.82, 2.24) is 0 Å². The van der Waals surface area contributed by atoms with Crippen LogP contribution in [0.4, 0.5) is 15.8 Å². The molecule has 0 amide bonds. The van der Waals surface area contributed by atoms with Crippen LogP contribution in [0.2, 0.25) is 5.02 Å². The Balaban J connectivity index is 2.42. The van der Waals surface area contributed by atoms with Gasteiger partial charge in [-0.05, 0) is 30.3 Å². The van der Waals surface area contributed by atoms with Crippen LogP contribution in [0.5, 0.6) is 0 Å². The standard InChI is InChI=1S/C13H9ClFNO2/c14-8-3-1-4-9(7-8)16-12-10(13(17)18)5-2-6-11(12)15/h1-7,16H,(H,17,18). The number of para-hydroxylation sites is 1. The number of aromatic carboxylic acids is 1. The fourth-order valence-corrected chi connectivity index (χ4v) is 1.73. The van der Waals surface area contributed by atoms with Crippen LogP contribution in [0.3, 0.4) is 0 Å². The number of anilines is 2. The highest BCUT2D eigenvalue weighted by Gasteiger charge is 2.14. The summed E-state index contributed by atoms with van der Waals surface area (Å²) in [5.41, 5.74) is 0.317. The molecule has 0 atom stereocenters. The summed E-state index contributed by atoms with van der Waals surface area (Å²) in [7, 11) is 0. The number of benzene rings is 2. The third kappa shape index (κ3) is 2.60. The number of nitrogens with one attached hydrogen (secondary N) is 1. The van der Waals surface area contributed by atoms with Crippen LogP contribution in [-0.2, 0) is 0 Å². The van der Waals surface area contributed by atoms with Crippen LogP contribution in [0.25, 0.3) is 0 Å². The van der Waals surface area contributed by atoms with E-state index in [2.05, 4.69) is 5.32 Å². The smallest absolute Gasteiger partial charge is 0.337 e. The van der Waals surface area contributed by atoms with Gasteiger partial charge in [0.25, 0.3) is 0 Å². The van der Waals surface area contributed by atoms with E-state index in [1.54, 1.807) is 24.3 Å². The molecule has 5 heteroatoms. The van der Waals surface area contributed by atoms with E-state index in [0.717, 1.165) is 0 Å². The average molecular weight is 266 g/mol. The first-order valence-electron chi connectivity index (χ1n) is 5.12. The molecule has 0 spiro atoms. The van der Waals surface area contributed by atoms with Crippen molar-refractivity contribution >= 4 is 28.9 Å². The number of carboxylic acids is 1. The van der Waals surface area contributed by atoms with Gasteiger partial charge in [-0.1, -0.05) is 23.7 Å². The van der Waals surface area contributed by atoms with E-state index in [-0.39, 0.29) is 11.3 Å². The lowest BCUT2D eigenvalue weighted by molar-refractivity contribution is 0.0697. The lowest BCUT2D eigenvalue weighted by Crippen LogP contribution is -2.04. The summed E-state index contributed by atoms with van der Waals surface area (Å²) in [6.07, 6.45) is 0. The number of hydrogen-bond donors (Lipinski definition) is 2. The minimum Gasteiger partial charge on any atom is -0.478 e. The van der Waals surface area contributed by atoms with E-state index in [1.165, 1.54) is 18.2 Å². The molecule has 3 nitrogen and oxygen atoms in total. The molecule has 2 rings (SSSR count). The second-order valence-electron chi connectivity index (χ2n) is 3.60. The highest BCUT2D eigenvalue weighted by Crippen LogP contribution is 2.25. The van der Waals surface area contributed by atoms with Crippen molar-refractivity contribution in [2.45, 2.75) is 0 Å². The van der Waals surface area contributed by atoms with Crippen molar-refractivity contribution in [3.63, 3.8) is 0 Å². The quantitative estimate of drug-likeness (QED) is 0.884. The van der Waals surface area contributed by atoms with E-state index in [0.29, 0.717) is 10.7 Å². The summed E-state index contributed by atoms with van der Waals surface area (Å²) in [6, 6.07) is 10.5. The Kier molecular flexibility index (Phi) is 3.48. The zero-order valence-electron chi connectivity index (χ0n) is 9.15. The third-order valence-corrected chi connectivity index (χ3v) is 2.57. The first-order chi connectivity index (χ1) is 8.58. The van der Waals surface area contributed by atoms with Gasteiger partial charge in [-0.25, -0.2) is 9.18 Å². The van der Waals surface area contributed by atoms with Gasteiger partial charge >= 0.3 is 5.97 Å². The van der Waals surface area contributed by atoms with Crippen LogP contribution >= 0.6 is 11.6 Å². The van der Waals surface area contributed by atoms with Gasteiger partial charge in [0.05, 0.1) is 11.3 Å². The number of halogens is 2. The molecule has 0 heterocycles. The van der Waals surface area contributed by atoms with Gasteiger partial charge in [0.15, 0.2) is 0 Å². The summed E-state index contributed by atoms with van der Waals surface area (Å²) < 4.78 is 13.6. The van der Waals surface area contributed by atoms with Gasteiger partial charge in [0, 0.05) is 10.7 Å². The molecular weight excluding hydrogens is 257 g/mol. The van der Waals surface area contributed by atoms with Gasteiger partial charge < -0.3 is 10.4 Å². The SMILES string of the molecule is O=C(O)c1cccc(F)c1Nc1cccc(Cl)c1. The van der Waals surface area contributed by atoms with Crippen molar-refractivity contribution < 1.29 is 14.3 Å². The van der Waals surface area contributed by atoms with Crippen molar-refractivity contribution in [3.05, 3.63) is 58.9 Å². The highest BCUT2D eigenvalue weighted by molar-refractivity contribution is 6.30. The molecule has 0 fully saturated rings. The Morgan fingerprint density at radius 1 is 1.22 bits per heavy atom. The summed E-state index contributed by atoms with van der Waals surface area (Å²) in [4.78, 5) is 11.0. The topological polar surface area (TPSA) is 49.3 Å². The Morgan fingerprint density at radius 2 is 1.94 bits per heavy atom. The maximum absolute atomic E-state index is 13.6. The summed E-state index contributed by atoms with van der Waals surface area (Å²) in [5.74, 6) is -1.83. The van der Waals surface area contributed by atoms with Crippen LogP contribution in [0.1, 0.15) is 10.4 Å². The maximum atomic E-state index is 13.6. The zero-order valence-corrected chi connectivity index (χ0v) is 9.91. The molecule has 0 saturated carbocycles. The Hall–Kier alpha value is -2.07. The Morgan fingerprint density at radius 3 is 2.61 bits per heavy atom. The normalized spacial score (nSPS) is 10.1. The van der Waals surface area contributed by atoms with E-state index in [1.807, 2.05) is 0 Å². The molecule has 92 valence electrons. The van der Waals surface area contributed by atoms with Gasteiger partial charge in [-0.3, -0.25) is 0 Å². The number of carbonyl (C=O) groups is 1. The molecule has 0 aliphatic heterocycles.